The number of ether oxygens (including phenoxy) is 1. The molecule has 0 aliphatic carbocycles. The van der Waals surface area contributed by atoms with Gasteiger partial charge in [-0.1, -0.05) is 35.9 Å². The number of nitrogen functional groups attached to an aromatic ring is 1. The number of nitrogens with two attached hydrogens (primary N) is 1. The molecule has 0 heterocycles. The molecule has 0 aliphatic rings. The highest BCUT2D eigenvalue weighted by atomic mass is 32.2. The van der Waals surface area contributed by atoms with E-state index in [2.05, 4.69) is 5.87 Å². The van der Waals surface area contributed by atoms with Crippen LogP contribution >= 0.6 is 12.0 Å². The van der Waals surface area contributed by atoms with Gasteiger partial charge in [-0.25, -0.2) is 0 Å². The Hall–Kier alpha value is -2.74. The molecule has 3 aromatic carbocycles. The zero-order valence-corrected chi connectivity index (χ0v) is 18.3. The summed E-state index contributed by atoms with van der Waals surface area (Å²) < 4.78 is 24.4. The molecule has 1 atom stereocenters. The highest BCUT2D eigenvalue weighted by Crippen LogP contribution is 2.25. The molecule has 30 heavy (non-hydrogen) atoms. The van der Waals surface area contributed by atoms with E-state index in [1.807, 2.05) is 37.3 Å². The van der Waals surface area contributed by atoms with Crippen molar-refractivity contribution in [2.24, 2.45) is 0 Å². The van der Waals surface area contributed by atoms with E-state index < -0.39 is 9.52 Å². The minimum atomic E-state index is -2.97. The van der Waals surface area contributed by atoms with Gasteiger partial charge in [0.25, 0.3) is 0 Å². The van der Waals surface area contributed by atoms with Crippen molar-refractivity contribution in [2.75, 3.05) is 18.9 Å². The predicted octanol–water partition coefficient (Wildman–Crippen LogP) is 4.78. The van der Waals surface area contributed by atoms with Gasteiger partial charge < -0.3 is 14.7 Å². The largest absolute Gasteiger partial charge is 0.491 e. The molecule has 0 aliphatic heterocycles. The van der Waals surface area contributed by atoms with Gasteiger partial charge in [-0.15, -0.1) is 0 Å². The molecule has 5 nitrogen and oxygen atoms in total. The first-order valence-corrected chi connectivity index (χ1v) is 11.7. The molecule has 0 spiro atoms. The molecule has 3 N–H and O–H groups in total. The maximum atomic E-state index is 13.2. The zero-order valence-electron chi connectivity index (χ0n) is 16.7. The lowest BCUT2D eigenvalue weighted by atomic mass is 10.2. The van der Waals surface area contributed by atoms with Gasteiger partial charge in [0.2, 0.25) is 0 Å². The van der Waals surface area contributed by atoms with Crippen molar-refractivity contribution >= 4 is 38.2 Å². The second kappa shape index (κ2) is 9.84. The molecule has 7 heteroatoms. The van der Waals surface area contributed by atoms with Gasteiger partial charge in [-0.2, -0.15) is 0 Å². The molecule has 0 saturated carbocycles. The van der Waals surface area contributed by atoms with Crippen LogP contribution in [0, 0.1) is 12.3 Å². The topological polar surface area (TPSA) is 85.4 Å². The fourth-order valence-corrected chi connectivity index (χ4v) is 4.55. The first-order chi connectivity index (χ1) is 14.4. The second-order valence-electron chi connectivity index (χ2n) is 6.63. The highest BCUT2D eigenvalue weighted by molar-refractivity contribution is 8.14. The van der Waals surface area contributed by atoms with E-state index in [9.17, 15) is 4.21 Å². The lowest BCUT2D eigenvalue weighted by Gasteiger charge is -2.15. The van der Waals surface area contributed by atoms with E-state index in [1.54, 1.807) is 42.5 Å². The van der Waals surface area contributed by atoms with Gasteiger partial charge in [-0.05, 0) is 55.3 Å². The number of hydrogen-bond acceptors (Lipinski definition) is 6. The molecule has 0 saturated heterocycles. The first kappa shape index (κ1) is 22.0. The van der Waals surface area contributed by atoms with E-state index in [0.717, 1.165) is 4.90 Å². The molecule has 1 unspecified atom stereocenters. The summed E-state index contributed by atoms with van der Waals surface area (Å²) in [6, 6.07) is 21.8. The minimum Gasteiger partial charge on any atom is -0.491 e. The van der Waals surface area contributed by atoms with Crippen molar-refractivity contribution in [1.82, 2.24) is 0 Å². The summed E-state index contributed by atoms with van der Waals surface area (Å²) in [6.45, 7) is 2.75. The molecule has 0 bridgehead atoms. The summed E-state index contributed by atoms with van der Waals surface area (Å²) in [5.41, 5.74) is 7.94. The van der Waals surface area contributed by atoms with Crippen LogP contribution in [0.4, 0.5) is 5.69 Å². The fourth-order valence-electron chi connectivity index (χ4n) is 2.65. The number of nitrogens with one attached hydrogen (secondary N) is 1. The molecule has 0 amide bonds. The standard InChI is InChI=1S/C23H24N2O3S2/c1-17-8-11-19(12-9-17)29-28-15-14-27-18-10-13-22(24)21(16-18)23(25)30(2,26)20-6-4-3-5-7-20/h3-13,16,25H,2,14-15,24H2,1H3. The Morgan fingerprint density at radius 1 is 1.07 bits per heavy atom. The third-order valence-corrected chi connectivity index (χ3v) is 7.00. The molecule has 0 aromatic heterocycles. The SMILES string of the molecule is C=S(=O)(C(=N)c1cc(OCCOSc2ccc(C)cc2)ccc1N)c1ccccc1. The van der Waals surface area contributed by atoms with Crippen LogP contribution in [0.15, 0.2) is 82.6 Å². The van der Waals surface area contributed by atoms with Crippen LogP contribution in [-0.4, -0.2) is 28.3 Å². The van der Waals surface area contributed by atoms with Crippen molar-refractivity contribution in [3.8, 4) is 5.75 Å². The van der Waals surface area contributed by atoms with E-state index in [0.29, 0.717) is 35.1 Å². The van der Waals surface area contributed by atoms with Gasteiger partial charge in [0, 0.05) is 42.6 Å². The van der Waals surface area contributed by atoms with Crippen LogP contribution in [-0.2, 0) is 13.7 Å². The Morgan fingerprint density at radius 3 is 2.47 bits per heavy atom. The smallest absolute Gasteiger partial charge is 0.124 e. The summed E-state index contributed by atoms with van der Waals surface area (Å²) in [4.78, 5) is 1.51. The highest BCUT2D eigenvalue weighted by Gasteiger charge is 2.19. The first-order valence-electron chi connectivity index (χ1n) is 9.27. The lowest BCUT2D eigenvalue weighted by molar-refractivity contribution is 0.239. The number of rotatable bonds is 8. The Kier molecular flexibility index (Phi) is 7.20. The van der Waals surface area contributed by atoms with Crippen LogP contribution < -0.4 is 10.5 Å². The van der Waals surface area contributed by atoms with Gasteiger partial charge >= 0.3 is 0 Å². The van der Waals surface area contributed by atoms with Gasteiger partial charge in [-0.3, -0.25) is 9.62 Å². The minimum absolute atomic E-state index is 0.122. The number of anilines is 1. The number of benzene rings is 3. The average molecular weight is 441 g/mol. The van der Waals surface area contributed by atoms with E-state index in [4.69, 9.17) is 20.1 Å². The van der Waals surface area contributed by atoms with Gasteiger partial charge in [0.15, 0.2) is 0 Å². The Morgan fingerprint density at radius 2 is 1.77 bits per heavy atom. The van der Waals surface area contributed by atoms with Crippen LogP contribution in [0.3, 0.4) is 0 Å². The van der Waals surface area contributed by atoms with Crippen molar-refractivity contribution in [2.45, 2.75) is 16.7 Å². The third-order valence-electron chi connectivity index (χ3n) is 4.33. The van der Waals surface area contributed by atoms with Gasteiger partial charge in [0.05, 0.1) is 6.61 Å². The molecule has 3 rings (SSSR count). The molecule has 0 radical (unpaired) electrons. The summed E-state index contributed by atoms with van der Waals surface area (Å²) in [6.07, 6.45) is 0. The van der Waals surface area contributed by atoms with Crippen LogP contribution in [0.1, 0.15) is 11.1 Å². The maximum absolute atomic E-state index is 13.2. The van der Waals surface area contributed by atoms with Crippen LogP contribution in [0.25, 0.3) is 0 Å². The maximum Gasteiger partial charge on any atom is 0.124 e. The zero-order chi connectivity index (χ0) is 21.6. The monoisotopic (exact) mass is 440 g/mol. The number of aryl methyl sites for hydroxylation is 1. The fraction of sp³-hybridized carbons (Fsp3) is 0.130. The van der Waals surface area contributed by atoms with Gasteiger partial charge in [0.1, 0.15) is 17.4 Å². The average Bonchev–Trinajstić information content (AvgIpc) is 2.76. The summed E-state index contributed by atoms with van der Waals surface area (Å²) in [5.74, 6) is 4.32. The van der Waals surface area contributed by atoms with E-state index >= 15 is 0 Å². The molecular formula is C23H24N2O3S2. The number of hydrogen-bond donors (Lipinski definition) is 2. The molecule has 156 valence electrons. The summed E-state index contributed by atoms with van der Waals surface area (Å²) >= 11 is 1.30. The van der Waals surface area contributed by atoms with Crippen LogP contribution in [0.2, 0.25) is 0 Å². The molecular weight excluding hydrogens is 416 g/mol. The second-order valence-corrected chi connectivity index (χ2v) is 9.74. The van der Waals surface area contributed by atoms with Crippen molar-refractivity contribution in [1.29, 1.82) is 5.41 Å². The van der Waals surface area contributed by atoms with E-state index in [-0.39, 0.29) is 5.04 Å². The van der Waals surface area contributed by atoms with Crippen LogP contribution in [0.5, 0.6) is 5.75 Å². The molecule has 3 aromatic rings. The third kappa shape index (κ3) is 5.44. The molecule has 0 fully saturated rings. The quantitative estimate of drug-likeness (QED) is 0.131. The Bertz CT molecular complexity index is 1110. The lowest BCUT2D eigenvalue weighted by Crippen LogP contribution is -2.17. The van der Waals surface area contributed by atoms with Crippen molar-refractivity contribution in [3.63, 3.8) is 0 Å². The summed E-state index contributed by atoms with van der Waals surface area (Å²) in [7, 11) is -2.97. The summed E-state index contributed by atoms with van der Waals surface area (Å²) in [5, 5.41) is 8.34. The Balaban J connectivity index is 1.61. The predicted molar refractivity (Wildman–Crippen MR) is 126 cm³/mol. The van der Waals surface area contributed by atoms with Crippen molar-refractivity contribution in [3.05, 3.63) is 83.9 Å². The van der Waals surface area contributed by atoms with E-state index in [1.165, 1.54) is 17.6 Å². The van der Waals surface area contributed by atoms with Crippen molar-refractivity contribution < 1.29 is 13.1 Å². The Labute approximate surface area is 182 Å². The normalized spacial score (nSPS) is 12.8.